The van der Waals surface area contributed by atoms with Gasteiger partial charge in [-0.25, -0.2) is 9.19 Å². The number of ether oxygens (including phenoxy) is 3. The van der Waals surface area contributed by atoms with Gasteiger partial charge in [-0.3, -0.25) is 4.72 Å². The second kappa shape index (κ2) is 8.12. The zero-order valence-corrected chi connectivity index (χ0v) is 17.2. The van der Waals surface area contributed by atoms with Crippen molar-refractivity contribution in [1.82, 2.24) is 10.1 Å². The van der Waals surface area contributed by atoms with Crippen LogP contribution in [0.2, 0.25) is 0 Å². The summed E-state index contributed by atoms with van der Waals surface area (Å²) in [6, 6.07) is 7.04. The van der Waals surface area contributed by atoms with Crippen LogP contribution in [0.5, 0.6) is 17.2 Å². The van der Waals surface area contributed by atoms with Crippen LogP contribution in [0.4, 0.5) is 5.82 Å². The fourth-order valence-corrected chi connectivity index (χ4v) is 4.44. The molecule has 152 valence electrons. The number of fused-ring (bicyclic) bond motifs is 1. The van der Waals surface area contributed by atoms with Crippen molar-refractivity contribution >= 4 is 33.5 Å². The van der Waals surface area contributed by atoms with Crippen LogP contribution < -0.4 is 18.9 Å². The Hall–Kier alpha value is -3.07. The summed E-state index contributed by atoms with van der Waals surface area (Å²) in [7, 11) is 2.86. The summed E-state index contributed by atoms with van der Waals surface area (Å²) in [5, 5.41) is 4.55. The first kappa shape index (κ1) is 19.3. The maximum absolute atomic E-state index is 13.1. The normalized spacial score (nSPS) is 14.5. The van der Waals surface area contributed by atoms with E-state index in [1.165, 1.54) is 19.8 Å². The van der Waals surface area contributed by atoms with E-state index in [4.69, 9.17) is 18.7 Å². The molecule has 1 unspecified atom stereocenters. The zero-order valence-electron chi connectivity index (χ0n) is 16.4. The van der Waals surface area contributed by atoms with E-state index in [1.807, 2.05) is 6.07 Å². The lowest BCUT2D eigenvalue weighted by atomic mass is 10.1. The van der Waals surface area contributed by atoms with Gasteiger partial charge in [-0.05, 0) is 37.0 Å². The third-order valence-electron chi connectivity index (χ3n) is 4.76. The summed E-state index contributed by atoms with van der Waals surface area (Å²) in [5.41, 5.74) is 2.29. The zero-order chi connectivity index (χ0) is 20.4. The largest absolute Gasteiger partial charge is 0.496 e. The lowest BCUT2D eigenvalue weighted by Crippen LogP contribution is -2.09. The molecule has 0 spiro atoms. The van der Waals surface area contributed by atoms with E-state index in [0.29, 0.717) is 33.2 Å². The van der Waals surface area contributed by atoms with E-state index in [0.717, 1.165) is 25.0 Å². The quantitative estimate of drug-likeness (QED) is 0.624. The third-order valence-corrected chi connectivity index (χ3v) is 5.91. The standard InChI is InChI=1S/C20H21N3O5S/c1-25-14-9-6-10-15(26-2)18(14)29(24)23-19-17-16(27-3)11-13(12-7-4-5-8-12)21-20(17)28-22-19/h6-7,9-11H,4-5,8H2,1-3H3,(H,22,23). The Balaban J connectivity index is 1.73. The molecule has 0 aliphatic heterocycles. The molecule has 9 heteroatoms. The molecule has 1 atom stereocenters. The van der Waals surface area contributed by atoms with Crippen LogP contribution in [0.1, 0.15) is 25.0 Å². The van der Waals surface area contributed by atoms with Crippen molar-refractivity contribution in [1.29, 1.82) is 0 Å². The van der Waals surface area contributed by atoms with Crippen molar-refractivity contribution in [2.75, 3.05) is 26.1 Å². The lowest BCUT2D eigenvalue weighted by molar-refractivity contribution is 0.375. The number of allylic oxidation sites excluding steroid dienone is 2. The van der Waals surface area contributed by atoms with Crippen LogP contribution in [0, 0.1) is 0 Å². The number of aromatic nitrogens is 2. The summed E-state index contributed by atoms with van der Waals surface area (Å²) in [6.45, 7) is 0. The van der Waals surface area contributed by atoms with E-state index in [9.17, 15) is 4.21 Å². The van der Waals surface area contributed by atoms with Gasteiger partial charge in [-0.2, -0.15) is 0 Å². The molecule has 1 aromatic carbocycles. The number of nitrogens with zero attached hydrogens (tertiary/aromatic N) is 2. The van der Waals surface area contributed by atoms with Crippen LogP contribution in [0.3, 0.4) is 0 Å². The second-order valence-corrected chi connectivity index (χ2v) is 7.55. The van der Waals surface area contributed by atoms with Crippen molar-refractivity contribution < 1.29 is 22.9 Å². The highest BCUT2D eigenvalue weighted by molar-refractivity contribution is 7.86. The molecule has 2 heterocycles. The Kier molecular flexibility index (Phi) is 5.39. The Morgan fingerprint density at radius 1 is 1.10 bits per heavy atom. The molecule has 2 aromatic heterocycles. The molecule has 1 N–H and O–H groups in total. The van der Waals surface area contributed by atoms with Gasteiger partial charge >= 0.3 is 0 Å². The van der Waals surface area contributed by atoms with Crippen LogP contribution in [-0.4, -0.2) is 35.7 Å². The molecule has 0 radical (unpaired) electrons. The molecule has 0 amide bonds. The molecule has 29 heavy (non-hydrogen) atoms. The molecule has 3 aromatic rings. The number of hydrogen-bond donors (Lipinski definition) is 1. The van der Waals surface area contributed by atoms with E-state index < -0.39 is 11.0 Å². The highest BCUT2D eigenvalue weighted by Gasteiger charge is 2.23. The topological polar surface area (TPSA) is 95.7 Å². The van der Waals surface area contributed by atoms with Crippen molar-refractivity contribution in [3.63, 3.8) is 0 Å². The van der Waals surface area contributed by atoms with Crippen LogP contribution in [-0.2, 0) is 11.0 Å². The molecule has 1 aliphatic carbocycles. The number of methoxy groups -OCH3 is 3. The van der Waals surface area contributed by atoms with E-state index >= 15 is 0 Å². The molecule has 0 saturated heterocycles. The average molecular weight is 415 g/mol. The van der Waals surface area contributed by atoms with E-state index in [2.05, 4.69) is 20.9 Å². The second-order valence-electron chi connectivity index (χ2n) is 6.41. The van der Waals surface area contributed by atoms with Gasteiger partial charge in [-0.15, -0.1) is 0 Å². The molecular formula is C20H21N3O5S. The van der Waals surface area contributed by atoms with Crippen LogP contribution in [0.15, 0.2) is 39.8 Å². The third kappa shape index (κ3) is 3.53. The molecule has 0 fully saturated rings. The maximum atomic E-state index is 13.1. The van der Waals surface area contributed by atoms with Gasteiger partial charge in [0.05, 0.1) is 27.0 Å². The number of benzene rings is 1. The van der Waals surface area contributed by atoms with Crippen molar-refractivity contribution in [2.24, 2.45) is 0 Å². The first-order valence-electron chi connectivity index (χ1n) is 9.09. The minimum Gasteiger partial charge on any atom is -0.496 e. The van der Waals surface area contributed by atoms with E-state index in [1.54, 1.807) is 25.3 Å². The highest BCUT2D eigenvalue weighted by Crippen LogP contribution is 2.37. The van der Waals surface area contributed by atoms with Gasteiger partial charge in [-0.1, -0.05) is 17.3 Å². The van der Waals surface area contributed by atoms with Gasteiger partial charge < -0.3 is 18.7 Å². The summed E-state index contributed by atoms with van der Waals surface area (Å²) in [5.74, 6) is 1.68. The molecular weight excluding hydrogens is 394 g/mol. The van der Waals surface area contributed by atoms with E-state index in [-0.39, 0.29) is 5.82 Å². The number of anilines is 1. The van der Waals surface area contributed by atoms with Gasteiger partial charge in [0.15, 0.2) is 16.8 Å². The van der Waals surface area contributed by atoms with Crippen molar-refractivity contribution in [2.45, 2.75) is 24.2 Å². The highest BCUT2D eigenvalue weighted by atomic mass is 32.2. The minimum absolute atomic E-state index is 0.266. The minimum atomic E-state index is -1.73. The number of rotatable bonds is 7. The van der Waals surface area contributed by atoms with Crippen LogP contribution >= 0.6 is 0 Å². The van der Waals surface area contributed by atoms with Gasteiger partial charge in [0.1, 0.15) is 27.5 Å². The summed E-state index contributed by atoms with van der Waals surface area (Å²) < 4.78 is 37.6. The summed E-state index contributed by atoms with van der Waals surface area (Å²) in [4.78, 5) is 4.94. The molecule has 8 nitrogen and oxygen atoms in total. The Bertz CT molecular complexity index is 1090. The number of hydrogen-bond acceptors (Lipinski definition) is 7. The smallest absolute Gasteiger partial charge is 0.264 e. The fourth-order valence-electron chi connectivity index (χ4n) is 3.36. The van der Waals surface area contributed by atoms with Crippen LogP contribution in [0.25, 0.3) is 16.7 Å². The summed E-state index contributed by atoms with van der Waals surface area (Å²) in [6.07, 6.45) is 5.30. The van der Waals surface area contributed by atoms with Crippen molar-refractivity contribution in [3.8, 4) is 17.2 Å². The monoisotopic (exact) mass is 415 g/mol. The molecule has 1 aliphatic rings. The first-order valence-corrected chi connectivity index (χ1v) is 10.2. The first-order chi connectivity index (χ1) is 14.2. The fraction of sp³-hybridized carbons (Fsp3) is 0.300. The van der Waals surface area contributed by atoms with Crippen molar-refractivity contribution in [3.05, 3.63) is 36.0 Å². The Morgan fingerprint density at radius 2 is 1.83 bits per heavy atom. The summed E-state index contributed by atoms with van der Waals surface area (Å²) >= 11 is 0. The molecule has 0 saturated carbocycles. The Morgan fingerprint density at radius 3 is 2.45 bits per heavy atom. The van der Waals surface area contributed by atoms with Gasteiger partial charge in [0.2, 0.25) is 0 Å². The molecule has 0 bridgehead atoms. The Labute approximate surface area is 170 Å². The van der Waals surface area contributed by atoms with Gasteiger partial charge in [0, 0.05) is 6.07 Å². The number of pyridine rings is 1. The predicted molar refractivity (Wildman–Crippen MR) is 110 cm³/mol. The predicted octanol–water partition coefficient (Wildman–Crippen LogP) is 3.95. The lowest BCUT2D eigenvalue weighted by Gasteiger charge is -2.13. The maximum Gasteiger partial charge on any atom is 0.264 e. The number of nitrogens with one attached hydrogen (secondary N) is 1. The SMILES string of the molecule is COc1cccc(OC)c1S(=O)Nc1noc2nc(C3=CCCC3)cc(OC)c12. The van der Waals surface area contributed by atoms with Gasteiger partial charge in [0.25, 0.3) is 5.71 Å². The average Bonchev–Trinajstić information content (AvgIpc) is 3.42. The molecule has 4 rings (SSSR count).